The molecule has 2 heterocycles. The predicted octanol–water partition coefficient (Wildman–Crippen LogP) is 1.46. The molecule has 0 bridgehead atoms. The van der Waals surface area contributed by atoms with Gasteiger partial charge in [-0.1, -0.05) is 18.2 Å². The highest BCUT2D eigenvalue weighted by Gasteiger charge is 2.21. The monoisotopic (exact) mass is 284 g/mol. The molecule has 0 saturated carbocycles. The molecule has 0 radical (unpaired) electrons. The molecule has 1 atom stereocenters. The van der Waals surface area contributed by atoms with Crippen LogP contribution in [0.15, 0.2) is 36.8 Å². The Kier molecular flexibility index (Phi) is 4.31. The fraction of sp³-hybridized carbons (Fsp3) is 0.375. The lowest BCUT2D eigenvalue weighted by Crippen LogP contribution is -2.27. The highest BCUT2D eigenvalue weighted by atomic mass is 16.1. The van der Waals surface area contributed by atoms with Crippen molar-refractivity contribution in [2.75, 3.05) is 19.6 Å². The maximum absolute atomic E-state index is 12.4. The molecule has 1 aliphatic heterocycles. The quantitative estimate of drug-likeness (QED) is 0.778. The summed E-state index contributed by atoms with van der Waals surface area (Å²) in [6.07, 6.45) is 5.29. The van der Waals surface area contributed by atoms with Crippen molar-refractivity contribution in [1.82, 2.24) is 20.6 Å². The van der Waals surface area contributed by atoms with Crippen molar-refractivity contribution in [3.8, 4) is 0 Å². The molecule has 1 aromatic heterocycles. The van der Waals surface area contributed by atoms with Crippen molar-refractivity contribution < 1.29 is 4.79 Å². The van der Waals surface area contributed by atoms with E-state index in [9.17, 15) is 4.79 Å². The third kappa shape index (κ3) is 3.31. The topological polar surface area (TPSA) is 69.8 Å². The smallest absolute Gasteiger partial charge is 0.251 e. The lowest BCUT2D eigenvalue weighted by Gasteiger charge is -2.14. The number of imidazole rings is 1. The standard InChI is InChI=1S/C16H20N4O/c21-16(19-8-6-13-10-18-11-20-13)15-4-2-1-3-14(15)12-5-7-17-9-12/h1-4,10-12,17H,5-9H2,(H,18,20)(H,19,21). The number of hydrogen-bond acceptors (Lipinski definition) is 3. The van der Waals surface area contributed by atoms with E-state index in [1.807, 2.05) is 18.2 Å². The van der Waals surface area contributed by atoms with E-state index in [0.29, 0.717) is 12.5 Å². The summed E-state index contributed by atoms with van der Waals surface area (Å²) in [5.74, 6) is 0.455. The van der Waals surface area contributed by atoms with Crippen LogP contribution in [-0.4, -0.2) is 35.5 Å². The Morgan fingerprint density at radius 1 is 1.38 bits per heavy atom. The second kappa shape index (κ2) is 6.54. The van der Waals surface area contributed by atoms with Gasteiger partial charge < -0.3 is 15.6 Å². The van der Waals surface area contributed by atoms with Gasteiger partial charge in [0.15, 0.2) is 0 Å². The zero-order valence-electron chi connectivity index (χ0n) is 11.9. The van der Waals surface area contributed by atoms with Crippen molar-refractivity contribution in [3.05, 3.63) is 53.6 Å². The highest BCUT2D eigenvalue weighted by Crippen LogP contribution is 2.25. The summed E-state index contributed by atoms with van der Waals surface area (Å²) < 4.78 is 0. The van der Waals surface area contributed by atoms with Crippen molar-refractivity contribution in [2.24, 2.45) is 0 Å². The third-order valence-corrected chi connectivity index (χ3v) is 3.94. The van der Waals surface area contributed by atoms with Crippen LogP contribution in [0.1, 0.15) is 34.0 Å². The van der Waals surface area contributed by atoms with Crippen LogP contribution in [-0.2, 0) is 6.42 Å². The van der Waals surface area contributed by atoms with E-state index in [-0.39, 0.29) is 5.91 Å². The van der Waals surface area contributed by atoms with E-state index in [2.05, 4.69) is 26.7 Å². The lowest BCUT2D eigenvalue weighted by molar-refractivity contribution is 0.0952. The maximum Gasteiger partial charge on any atom is 0.251 e. The highest BCUT2D eigenvalue weighted by molar-refractivity contribution is 5.95. The number of nitrogens with zero attached hydrogens (tertiary/aromatic N) is 1. The van der Waals surface area contributed by atoms with Crippen LogP contribution in [0.2, 0.25) is 0 Å². The summed E-state index contributed by atoms with van der Waals surface area (Å²) in [7, 11) is 0. The molecule has 1 aromatic carbocycles. The number of H-pyrrole nitrogens is 1. The lowest BCUT2D eigenvalue weighted by atomic mass is 9.93. The van der Waals surface area contributed by atoms with Crippen molar-refractivity contribution in [3.63, 3.8) is 0 Å². The van der Waals surface area contributed by atoms with Gasteiger partial charge >= 0.3 is 0 Å². The van der Waals surface area contributed by atoms with Crippen LogP contribution in [0.25, 0.3) is 0 Å². The van der Waals surface area contributed by atoms with E-state index in [1.165, 1.54) is 0 Å². The summed E-state index contributed by atoms with van der Waals surface area (Å²) >= 11 is 0. The Bertz CT molecular complexity index is 588. The zero-order valence-corrected chi connectivity index (χ0v) is 11.9. The third-order valence-electron chi connectivity index (χ3n) is 3.94. The molecule has 1 amide bonds. The van der Waals surface area contributed by atoms with Crippen LogP contribution < -0.4 is 10.6 Å². The first kappa shape index (κ1) is 13.8. The average Bonchev–Trinajstić information content (AvgIpc) is 3.20. The molecule has 5 heteroatoms. The number of benzene rings is 1. The summed E-state index contributed by atoms with van der Waals surface area (Å²) in [4.78, 5) is 19.4. The van der Waals surface area contributed by atoms with Gasteiger partial charge in [-0.05, 0) is 30.5 Å². The van der Waals surface area contributed by atoms with Gasteiger partial charge in [-0.3, -0.25) is 4.79 Å². The second-order valence-electron chi connectivity index (χ2n) is 5.36. The Morgan fingerprint density at radius 2 is 2.29 bits per heavy atom. The van der Waals surface area contributed by atoms with Crippen molar-refractivity contribution in [1.29, 1.82) is 0 Å². The number of carbonyl (C=O) groups excluding carboxylic acids is 1. The zero-order chi connectivity index (χ0) is 14.5. The summed E-state index contributed by atoms with van der Waals surface area (Å²) in [6, 6.07) is 7.92. The molecular weight excluding hydrogens is 264 g/mol. The number of carbonyl (C=O) groups is 1. The van der Waals surface area contributed by atoms with Crippen LogP contribution in [0.4, 0.5) is 0 Å². The molecule has 1 saturated heterocycles. The fourth-order valence-electron chi connectivity index (χ4n) is 2.81. The minimum absolute atomic E-state index is 0.0111. The van der Waals surface area contributed by atoms with Gasteiger partial charge in [0.25, 0.3) is 5.91 Å². The summed E-state index contributed by atoms with van der Waals surface area (Å²) in [6.45, 7) is 2.59. The number of nitrogens with one attached hydrogen (secondary N) is 3. The summed E-state index contributed by atoms with van der Waals surface area (Å²) in [5, 5.41) is 6.35. The Balaban J connectivity index is 1.63. The van der Waals surface area contributed by atoms with Crippen molar-refractivity contribution in [2.45, 2.75) is 18.8 Å². The van der Waals surface area contributed by atoms with E-state index in [4.69, 9.17) is 0 Å². The van der Waals surface area contributed by atoms with Crippen LogP contribution in [0.5, 0.6) is 0 Å². The number of amides is 1. The second-order valence-corrected chi connectivity index (χ2v) is 5.36. The number of aromatic nitrogens is 2. The molecule has 21 heavy (non-hydrogen) atoms. The van der Waals surface area contributed by atoms with E-state index < -0.39 is 0 Å². The SMILES string of the molecule is O=C(NCCc1cnc[nH]1)c1ccccc1C1CCNC1. The van der Waals surface area contributed by atoms with Crippen molar-refractivity contribution >= 4 is 5.91 Å². The first-order valence-electron chi connectivity index (χ1n) is 7.39. The molecule has 110 valence electrons. The molecule has 0 aliphatic carbocycles. The van der Waals surface area contributed by atoms with E-state index >= 15 is 0 Å². The normalized spacial score (nSPS) is 17.8. The van der Waals surface area contributed by atoms with Crippen LogP contribution in [0, 0.1) is 0 Å². The Hall–Kier alpha value is -2.14. The molecule has 3 N–H and O–H groups in total. The number of rotatable bonds is 5. The summed E-state index contributed by atoms with van der Waals surface area (Å²) in [5.41, 5.74) is 2.99. The molecule has 3 rings (SSSR count). The molecule has 1 unspecified atom stereocenters. The van der Waals surface area contributed by atoms with E-state index in [0.717, 1.165) is 42.8 Å². The molecular formula is C16H20N4O. The average molecular weight is 284 g/mol. The maximum atomic E-state index is 12.4. The molecule has 5 nitrogen and oxygen atoms in total. The molecule has 2 aromatic rings. The largest absolute Gasteiger partial charge is 0.352 e. The minimum Gasteiger partial charge on any atom is -0.352 e. The number of hydrogen-bond donors (Lipinski definition) is 3. The van der Waals surface area contributed by atoms with Gasteiger partial charge in [0.2, 0.25) is 0 Å². The fourth-order valence-corrected chi connectivity index (χ4v) is 2.81. The van der Waals surface area contributed by atoms with Gasteiger partial charge in [0.1, 0.15) is 0 Å². The first-order valence-corrected chi connectivity index (χ1v) is 7.39. The minimum atomic E-state index is 0.0111. The molecule has 1 aliphatic rings. The van der Waals surface area contributed by atoms with Gasteiger partial charge in [-0.25, -0.2) is 4.98 Å². The van der Waals surface area contributed by atoms with Gasteiger partial charge in [-0.15, -0.1) is 0 Å². The molecule has 1 fully saturated rings. The predicted molar refractivity (Wildman–Crippen MR) is 81.3 cm³/mol. The van der Waals surface area contributed by atoms with Gasteiger partial charge in [0, 0.05) is 37.0 Å². The van der Waals surface area contributed by atoms with Crippen LogP contribution >= 0.6 is 0 Å². The van der Waals surface area contributed by atoms with E-state index in [1.54, 1.807) is 12.5 Å². The number of aromatic amines is 1. The Labute approximate surface area is 124 Å². The molecule has 0 spiro atoms. The first-order chi connectivity index (χ1) is 10.3. The van der Waals surface area contributed by atoms with Gasteiger partial charge in [0.05, 0.1) is 6.33 Å². The van der Waals surface area contributed by atoms with Gasteiger partial charge in [-0.2, -0.15) is 0 Å². The van der Waals surface area contributed by atoms with Crippen LogP contribution in [0.3, 0.4) is 0 Å². The Morgan fingerprint density at radius 3 is 3.05 bits per heavy atom.